The molecule has 0 spiro atoms. The Balaban J connectivity index is 2.12. The van der Waals surface area contributed by atoms with E-state index in [1.165, 1.54) is 4.88 Å². The zero-order valence-corrected chi connectivity index (χ0v) is 8.37. The van der Waals surface area contributed by atoms with Gasteiger partial charge in [-0.3, -0.25) is 0 Å². The van der Waals surface area contributed by atoms with E-state index in [1.807, 2.05) is 19.1 Å². The van der Waals surface area contributed by atoms with E-state index in [2.05, 4.69) is 5.16 Å². The smallest absolute Gasteiger partial charge is 0.348 e. The first kappa shape index (κ1) is 9.21. The summed E-state index contributed by atoms with van der Waals surface area (Å²) in [5.74, 6) is -0.961. The Morgan fingerprint density at radius 3 is 3.00 bits per heavy atom. The molecule has 0 saturated carbocycles. The Hall–Kier alpha value is -1.36. The maximum Gasteiger partial charge on any atom is 0.348 e. The number of hydrogen-bond acceptors (Lipinski definition) is 4. The number of aryl methyl sites for hydroxylation is 1. The molecule has 1 N–H and O–H groups in total. The van der Waals surface area contributed by atoms with E-state index in [4.69, 9.17) is 9.94 Å². The summed E-state index contributed by atoms with van der Waals surface area (Å²) in [6.07, 6.45) is -0.456. The highest BCUT2D eigenvalue weighted by molar-refractivity contribution is 7.14. The summed E-state index contributed by atoms with van der Waals surface area (Å²) < 4.78 is 0. The molecule has 14 heavy (non-hydrogen) atoms. The van der Waals surface area contributed by atoms with Crippen molar-refractivity contribution in [1.29, 1.82) is 0 Å². The number of carboxylic acids is 1. The van der Waals surface area contributed by atoms with Gasteiger partial charge in [0.1, 0.15) is 5.71 Å². The molecule has 0 unspecified atom stereocenters. The highest BCUT2D eigenvalue weighted by atomic mass is 32.1. The standard InChI is InChI=1S/C9H9NO3S/c1-5-2-3-8(14-5)6-4-7(9(11)12)13-10-6/h2-3,7H,4H2,1H3,(H,11,12)/t7-/m1/s1. The first-order valence-corrected chi connectivity index (χ1v) is 5.01. The van der Waals surface area contributed by atoms with Crippen LogP contribution in [-0.2, 0) is 9.63 Å². The summed E-state index contributed by atoms with van der Waals surface area (Å²) in [5, 5.41) is 12.5. The molecule has 0 saturated heterocycles. The van der Waals surface area contributed by atoms with Crippen molar-refractivity contribution in [3.8, 4) is 0 Å². The molecular formula is C9H9NO3S. The summed E-state index contributed by atoms with van der Waals surface area (Å²) in [4.78, 5) is 17.5. The second kappa shape index (κ2) is 3.42. The zero-order valence-electron chi connectivity index (χ0n) is 7.56. The van der Waals surface area contributed by atoms with Gasteiger partial charge in [0.15, 0.2) is 0 Å². The zero-order chi connectivity index (χ0) is 10.1. The Morgan fingerprint density at radius 2 is 2.50 bits per heavy atom. The quantitative estimate of drug-likeness (QED) is 0.808. The molecule has 2 heterocycles. The number of rotatable bonds is 2. The van der Waals surface area contributed by atoms with Crippen LogP contribution in [0.2, 0.25) is 0 Å². The minimum Gasteiger partial charge on any atom is -0.478 e. The third-order valence-electron chi connectivity index (χ3n) is 1.97. The van der Waals surface area contributed by atoms with Crippen LogP contribution < -0.4 is 0 Å². The van der Waals surface area contributed by atoms with Crippen LogP contribution in [0.15, 0.2) is 17.3 Å². The summed E-state index contributed by atoms with van der Waals surface area (Å²) in [7, 11) is 0. The largest absolute Gasteiger partial charge is 0.478 e. The number of thiophene rings is 1. The Bertz CT molecular complexity index is 397. The lowest BCUT2D eigenvalue weighted by atomic mass is 10.1. The molecule has 2 rings (SSSR count). The molecule has 1 aromatic rings. The monoisotopic (exact) mass is 211 g/mol. The van der Waals surface area contributed by atoms with Crippen molar-refractivity contribution in [2.24, 2.45) is 5.16 Å². The molecule has 1 atom stereocenters. The molecule has 0 radical (unpaired) electrons. The van der Waals surface area contributed by atoms with E-state index in [0.717, 1.165) is 10.6 Å². The third kappa shape index (κ3) is 1.63. The lowest BCUT2D eigenvalue weighted by Gasteiger charge is -1.98. The SMILES string of the molecule is Cc1ccc(C2=NO[C@@H](C(=O)O)C2)s1. The number of oxime groups is 1. The molecular weight excluding hydrogens is 202 g/mol. The second-order valence-corrected chi connectivity index (χ2v) is 4.37. The van der Waals surface area contributed by atoms with Gasteiger partial charge in [-0.25, -0.2) is 4.79 Å². The fraction of sp³-hybridized carbons (Fsp3) is 0.333. The molecule has 4 nitrogen and oxygen atoms in total. The fourth-order valence-electron chi connectivity index (χ4n) is 1.24. The van der Waals surface area contributed by atoms with Crippen molar-refractivity contribution in [3.05, 3.63) is 21.9 Å². The predicted octanol–water partition coefficient (Wildman–Crippen LogP) is 1.63. The Kier molecular flexibility index (Phi) is 2.25. The van der Waals surface area contributed by atoms with Crippen LogP contribution in [0.5, 0.6) is 0 Å². The second-order valence-electron chi connectivity index (χ2n) is 3.08. The van der Waals surface area contributed by atoms with Crippen molar-refractivity contribution < 1.29 is 14.7 Å². The van der Waals surface area contributed by atoms with E-state index < -0.39 is 12.1 Å². The molecule has 74 valence electrons. The maximum atomic E-state index is 10.6. The predicted molar refractivity (Wildman–Crippen MR) is 52.7 cm³/mol. The van der Waals surface area contributed by atoms with E-state index in [0.29, 0.717) is 6.42 Å². The third-order valence-corrected chi connectivity index (χ3v) is 3.02. The number of nitrogens with zero attached hydrogens (tertiary/aromatic N) is 1. The first-order valence-electron chi connectivity index (χ1n) is 4.19. The average Bonchev–Trinajstić information content (AvgIpc) is 2.70. The van der Waals surface area contributed by atoms with Crippen molar-refractivity contribution in [1.82, 2.24) is 0 Å². The van der Waals surface area contributed by atoms with Crippen LogP contribution in [0.25, 0.3) is 0 Å². The Labute approximate surface area is 84.8 Å². The van der Waals surface area contributed by atoms with E-state index in [9.17, 15) is 4.79 Å². The molecule has 0 amide bonds. The number of hydrogen-bond donors (Lipinski definition) is 1. The lowest BCUT2D eigenvalue weighted by Crippen LogP contribution is -2.19. The van der Waals surface area contributed by atoms with Gasteiger partial charge in [0.25, 0.3) is 0 Å². The van der Waals surface area contributed by atoms with Gasteiger partial charge in [-0.1, -0.05) is 5.16 Å². The Morgan fingerprint density at radius 1 is 1.71 bits per heavy atom. The number of aliphatic carboxylic acids is 1. The number of carboxylic acid groups (broad SMARTS) is 1. The van der Waals surface area contributed by atoms with Gasteiger partial charge in [0.2, 0.25) is 6.10 Å². The minimum absolute atomic E-state index is 0.356. The van der Waals surface area contributed by atoms with Gasteiger partial charge in [0.05, 0.1) is 4.88 Å². The van der Waals surface area contributed by atoms with Crippen LogP contribution in [0.1, 0.15) is 16.2 Å². The summed E-state index contributed by atoms with van der Waals surface area (Å²) in [6, 6.07) is 3.92. The van der Waals surface area contributed by atoms with Crippen molar-refractivity contribution in [2.75, 3.05) is 0 Å². The van der Waals surface area contributed by atoms with Gasteiger partial charge in [0, 0.05) is 11.3 Å². The topological polar surface area (TPSA) is 58.9 Å². The minimum atomic E-state index is -0.961. The molecule has 1 aliphatic heterocycles. The lowest BCUT2D eigenvalue weighted by molar-refractivity contribution is -0.148. The fourth-order valence-corrected chi connectivity index (χ4v) is 2.10. The molecule has 5 heteroatoms. The van der Waals surface area contributed by atoms with E-state index in [1.54, 1.807) is 11.3 Å². The molecule has 0 aliphatic carbocycles. The van der Waals surface area contributed by atoms with Crippen molar-refractivity contribution in [2.45, 2.75) is 19.4 Å². The van der Waals surface area contributed by atoms with Crippen molar-refractivity contribution in [3.63, 3.8) is 0 Å². The molecule has 0 bridgehead atoms. The first-order chi connectivity index (χ1) is 6.66. The van der Waals surface area contributed by atoms with Crippen LogP contribution in [-0.4, -0.2) is 22.9 Å². The normalized spacial score (nSPS) is 20.4. The van der Waals surface area contributed by atoms with Gasteiger partial charge >= 0.3 is 5.97 Å². The van der Waals surface area contributed by atoms with Crippen LogP contribution >= 0.6 is 11.3 Å². The molecule has 0 fully saturated rings. The van der Waals surface area contributed by atoms with Crippen LogP contribution in [0.4, 0.5) is 0 Å². The number of carbonyl (C=O) groups is 1. The van der Waals surface area contributed by atoms with Crippen LogP contribution in [0, 0.1) is 6.92 Å². The summed E-state index contributed by atoms with van der Waals surface area (Å²) in [6.45, 7) is 2.00. The van der Waals surface area contributed by atoms with Gasteiger partial charge < -0.3 is 9.94 Å². The van der Waals surface area contributed by atoms with E-state index >= 15 is 0 Å². The summed E-state index contributed by atoms with van der Waals surface area (Å²) in [5.41, 5.74) is 0.732. The van der Waals surface area contributed by atoms with Crippen molar-refractivity contribution >= 4 is 23.0 Å². The summed E-state index contributed by atoms with van der Waals surface area (Å²) >= 11 is 1.60. The highest BCUT2D eigenvalue weighted by Gasteiger charge is 2.28. The van der Waals surface area contributed by atoms with Crippen LogP contribution in [0.3, 0.4) is 0 Å². The molecule has 1 aliphatic rings. The van der Waals surface area contributed by atoms with E-state index in [-0.39, 0.29) is 0 Å². The molecule has 0 aromatic carbocycles. The average molecular weight is 211 g/mol. The van der Waals surface area contributed by atoms with Gasteiger partial charge in [-0.2, -0.15) is 0 Å². The van der Waals surface area contributed by atoms with Gasteiger partial charge in [-0.15, -0.1) is 11.3 Å². The highest BCUT2D eigenvalue weighted by Crippen LogP contribution is 2.22. The maximum absolute atomic E-state index is 10.6. The van der Waals surface area contributed by atoms with Gasteiger partial charge in [-0.05, 0) is 19.1 Å². The molecule has 1 aromatic heterocycles.